The van der Waals surface area contributed by atoms with Crippen molar-refractivity contribution >= 4 is 24.4 Å². The summed E-state index contributed by atoms with van der Waals surface area (Å²) in [5.41, 5.74) is 9.26. The number of carbonyl (C=O) groups is 1. The van der Waals surface area contributed by atoms with Gasteiger partial charge in [-0.3, -0.25) is 14.9 Å². The molecule has 0 spiro atoms. The van der Waals surface area contributed by atoms with Crippen LogP contribution in [0.1, 0.15) is 23.0 Å². The van der Waals surface area contributed by atoms with Crippen LogP contribution in [0.5, 0.6) is 0 Å². The van der Waals surface area contributed by atoms with Gasteiger partial charge in [0.2, 0.25) is 0 Å². The van der Waals surface area contributed by atoms with Gasteiger partial charge < -0.3 is 11.1 Å². The van der Waals surface area contributed by atoms with E-state index in [2.05, 4.69) is 27.0 Å². The SMILES string of the molecule is C=NC(=O)N(C)C(N)=NCC(Nc1ccc(C)nc1C)c1ccc(F)cc1. The zero-order chi connectivity index (χ0) is 20.0. The molecule has 0 saturated heterocycles. The quantitative estimate of drug-likeness (QED) is 0.624. The maximum atomic E-state index is 13.3. The predicted molar refractivity (Wildman–Crippen MR) is 106 cm³/mol. The zero-order valence-corrected chi connectivity index (χ0v) is 15.6. The lowest BCUT2D eigenvalue weighted by atomic mass is 10.1. The normalized spacial score (nSPS) is 12.4. The lowest BCUT2D eigenvalue weighted by molar-refractivity contribution is 0.235. The van der Waals surface area contributed by atoms with Gasteiger partial charge in [-0.1, -0.05) is 12.1 Å². The number of aliphatic imine (C=N–C) groups is 2. The standard InChI is InChI=1S/C19H23FN6O/c1-12-5-10-16(13(2)24-12)25-17(14-6-8-15(20)9-7-14)11-23-18(21)26(4)19(27)22-3/h5-10,17,25H,3,11H2,1-2,4H3,(H2,21,23). The minimum atomic E-state index is -0.596. The number of aryl methyl sites for hydroxylation is 2. The Labute approximate surface area is 157 Å². The highest BCUT2D eigenvalue weighted by molar-refractivity contribution is 5.96. The molecule has 0 saturated carbocycles. The van der Waals surface area contributed by atoms with Gasteiger partial charge >= 0.3 is 6.03 Å². The van der Waals surface area contributed by atoms with Crippen molar-refractivity contribution in [3.05, 3.63) is 59.2 Å². The topological polar surface area (TPSA) is 96.0 Å². The average molecular weight is 370 g/mol. The predicted octanol–water partition coefficient (Wildman–Crippen LogP) is 3.06. The van der Waals surface area contributed by atoms with Gasteiger partial charge in [-0.2, -0.15) is 0 Å². The van der Waals surface area contributed by atoms with E-state index >= 15 is 0 Å². The van der Waals surface area contributed by atoms with E-state index in [0.29, 0.717) is 0 Å². The van der Waals surface area contributed by atoms with Crippen molar-refractivity contribution < 1.29 is 9.18 Å². The second-order valence-corrected chi connectivity index (χ2v) is 6.03. The number of nitrogens with two attached hydrogens (primary N) is 1. The summed E-state index contributed by atoms with van der Waals surface area (Å²) >= 11 is 0. The van der Waals surface area contributed by atoms with E-state index < -0.39 is 6.03 Å². The van der Waals surface area contributed by atoms with Crippen molar-refractivity contribution in [1.29, 1.82) is 0 Å². The fourth-order valence-electron chi connectivity index (χ4n) is 2.45. The molecule has 1 aromatic carbocycles. The molecule has 0 radical (unpaired) electrons. The molecule has 2 amide bonds. The molecule has 1 unspecified atom stereocenters. The monoisotopic (exact) mass is 370 g/mol. The Morgan fingerprint density at radius 3 is 2.56 bits per heavy atom. The van der Waals surface area contributed by atoms with E-state index in [1.807, 2.05) is 26.0 Å². The average Bonchev–Trinajstić information content (AvgIpc) is 2.66. The van der Waals surface area contributed by atoms with Gasteiger partial charge in [0.1, 0.15) is 5.82 Å². The molecule has 0 aliphatic carbocycles. The molecule has 0 fully saturated rings. The summed E-state index contributed by atoms with van der Waals surface area (Å²) in [5, 5.41) is 3.36. The molecule has 0 bridgehead atoms. The fraction of sp³-hybridized carbons (Fsp3) is 0.263. The van der Waals surface area contributed by atoms with E-state index in [1.165, 1.54) is 19.2 Å². The van der Waals surface area contributed by atoms with E-state index in [-0.39, 0.29) is 24.4 Å². The number of urea groups is 1. The molecule has 0 aliphatic heterocycles. The maximum absolute atomic E-state index is 13.3. The zero-order valence-electron chi connectivity index (χ0n) is 15.6. The number of guanidine groups is 1. The van der Waals surface area contributed by atoms with Crippen molar-refractivity contribution in [3.63, 3.8) is 0 Å². The Kier molecular flexibility index (Phi) is 6.59. The number of hydrogen-bond donors (Lipinski definition) is 2. The van der Waals surface area contributed by atoms with Crippen LogP contribution in [0, 0.1) is 19.7 Å². The Balaban J connectivity index is 2.28. The highest BCUT2D eigenvalue weighted by Crippen LogP contribution is 2.22. The van der Waals surface area contributed by atoms with Crippen LogP contribution in [0.3, 0.4) is 0 Å². The third-order valence-corrected chi connectivity index (χ3v) is 4.03. The van der Waals surface area contributed by atoms with Crippen LogP contribution in [0.2, 0.25) is 0 Å². The summed E-state index contributed by atoms with van der Waals surface area (Å²) in [5.74, 6) is -0.309. The molecule has 0 aliphatic rings. The van der Waals surface area contributed by atoms with Gasteiger partial charge in [0.05, 0.1) is 24.0 Å². The summed E-state index contributed by atoms with van der Waals surface area (Å²) < 4.78 is 13.3. The second kappa shape index (κ2) is 8.88. The molecule has 1 aromatic heterocycles. The Bertz CT molecular complexity index is 850. The van der Waals surface area contributed by atoms with Gasteiger partial charge in [0.25, 0.3) is 0 Å². The number of anilines is 1. The van der Waals surface area contributed by atoms with Crippen molar-refractivity contribution in [3.8, 4) is 0 Å². The van der Waals surface area contributed by atoms with Gasteiger partial charge in [0.15, 0.2) is 5.96 Å². The van der Waals surface area contributed by atoms with E-state index in [0.717, 1.165) is 27.5 Å². The second-order valence-electron chi connectivity index (χ2n) is 6.03. The van der Waals surface area contributed by atoms with Crippen LogP contribution in [-0.4, -0.2) is 42.2 Å². The molecule has 8 heteroatoms. The molecule has 1 atom stereocenters. The largest absolute Gasteiger partial charge is 0.375 e. The number of benzene rings is 1. The minimum absolute atomic E-state index is 0.0139. The maximum Gasteiger partial charge on any atom is 0.349 e. The summed E-state index contributed by atoms with van der Waals surface area (Å²) in [6.45, 7) is 7.22. The number of aromatic nitrogens is 1. The van der Waals surface area contributed by atoms with E-state index in [1.54, 1.807) is 12.1 Å². The molecule has 2 rings (SSSR count). The van der Waals surface area contributed by atoms with Crippen LogP contribution in [0.25, 0.3) is 0 Å². The molecule has 3 N–H and O–H groups in total. The van der Waals surface area contributed by atoms with Gasteiger partial charge in [-0.25, -0.2) is 14.2 Å². The highest BCUT2D eigenvalue weighted by atomic mass is 19.1. The van der Waals surface area contributed by atoms with Crippen molar-refractivity contribution in [1.82, 2.24) is 9.88 Å². The van der Waals surface area contributed by atoms with Crippen LogP contribution in [-0.2, 0) is 0 Å². The first-order chi connectivity index (χ1) is 12.8. The number of halogens is 1. The number of nitrogens with one attached hydrogen (secondary N) is 1. The number of rotatable bonds is 5. The minimum Gasteiger partial charge on any atom is -0.375 e. The molecule has 1 heterocycles. The molecule has 142 valence electrons. The van der Waals surface area contributed by atoms with Crippen LogP contribution in [0.4, 0.5) is 14.9 Å². The number of carbonyl (C=O) groups excluding carboxylic acids is 1. The van der Waals surface area contributed by atoms with Crippen LogP contribution >= 0.6 is 0 Å². The fourth-order valence-corrected chi connectivity index (χ4v) is 2.45. The third kappa shape index (κ3) is 5.34. The molecular formula is C19H23FN6O. The molecule has 2 aromatic rings. The summed E-state index contributed by atoms with van der Waals surface area (Å²) in [6.07, 6.45) is 0. The van der Waals surface area contributed by atoms with Gasteiger partial charge in [-0.05, 0) is 50.4 Å². The van der Waals surface area contributed by atoms with E-state index in [9.17, 15) is 9.18 Å². The molecular weight excluding hydrogens is 347 g/mol. The van der Waals surface area contributed by atoms with E-state index in [4.69, 9.17) is 5.73 Å². The summed E-state index contributed by atoms with van der Waals surface area (Å²) in [7, 11) is 1.46. The van der Waals surface area contributed by atoms with Crippen molar-refractivity contribution in [2.24, 2.45) is 15.7 Å². The summed E-state index contributed by atoms with van der Waals surface area (Å²) in [6, 6.07) is 9.05. The Morgan fingerprint density at radius 2 is 1.96 bits per heavy atom. The van der Waals surface area contributed by atoms with Crippen molar-refractivity contribution in [2.45, 2.75) is 19.9 Å². The van der Waals surface area contributed by atoms with Crippen LogP contribution < -0.4 is 11.1 Å². The lowest BCUT2D eigenvalue weighted by Crippen LogP contribution is -2.37. The smallest absolute Gasteiger partial charge is 0.349 e. The van der Waals surface area contributed by atoms with Gasteiger partial charge in [0, 0.05) is 12.7 Å². The molecule has 7 nitrogen and oxygen atoms in total. The lowest BCUT2D eigenvalue weighted by Gasteiger charge is -2.21. The first-order valence-corrected chi connectivity index (χ1v) is 8.32. The molecule has 27 heavy (non-hydrogen) atoms. The van der Waals surface area contributed by atoms with Gasteiger partial charge in [-0.15, -0.1) is 0 Å². The first-order valence-electron chi connectivity index (χ1n) is 8.32. The first kappa shape index (κ1) is 20.0. The Morgan fingerprint density at radius 1 is 1.30 bits per heavy atom. The number of hydrogen-bond acceptors (Lipinski definition) is 4. The number of pyridine rings is 1. The number of nitrogens with zero attached hydrogens (tertiary/aromatic N) is 4. The Hall–Kier alpha value is -3.29. The van der Waals surface area contributed by atoms with Crippen LogP contribution in [0.15, 0.2) is 46.4 Å². The van der Waals surface area contributed by atoms with Crippen molar-refractivity contribution in [2.75, 3.05) is 18.9 Å². The third-order valence-electron chi connectivity index (χ3n) is 4.03. The highest BCUT2D eigenvalue weighted by Gasteiger charge is 2.15. The summed E-state index contributed by atoms with van der Waals surface area (Å²) in [4.78, 5) is 24.7. The number of amides is 2.